The Morgan fingerprint density at radius 2 is 2.05 bits per heavy atom. The summed E-state index contributed by atoms with van der Waals surface area (Å²) in [5, 5.41) is 0. The summed E-state index contributed by atoms with van der Waals surface area (Å²) in [5.74, 6) is 0.721. The highest BCUT2D eigenvalue weighted by Gasteiger charge is 2.31. The van der Waals surface area contributed by atoms with Gasteiger partial charge < -0.3 is 24.6 Å². The third-order valence-corrected chi connectivity index (χ3v) is 3.25. The van der Waals surface area contributed by atoms with Crippen molar-refractivity contribution in [1.82, 2.24) is 4.90 Å². The second kappa shape index (κ2) is 8.85. The zero-order valence-corrected chi connectivity index (χ0v) is 13.3. The lowest BCUT2D eigenvalue weighted by atomic mass is 10.0. The Labute approximate surface area is 131 Å². The number of ether oxygens (including phenoxy) is 3. The largest absolute Gasteiger partial charge is 0.491 e. The van der Waals surface area contributed by atoms with Crippen LogP contribution in [-0.4, -0.2) is 61.0 Å². The predicted molar refractivity (Wildman–Crippen MR) is 81.5 cm³/mol. The molecule has 1 aliphatic heterocycles. The second-order valence-electron chi connectivity index (χ2n) is 4.49. The van der Waals surface area contributed by atoms with E-state index < -0.39 is 0 Å². The summed E-state index contributed by atoms with van der Waals surface area (Å²) in [5.41, 5.74) is 10.6. The minimum absolute atomic E-state index is 0. The molecule has 6 nitrogen and oxygen atoms in total. The molecule has 1 atom stereocenters. The Kier molecular flexibility index (Phi) is 7.47. The molecule has 1 unspecified atom stereocenters. The van der Waals surface area contributed by atoms with Gasteiger partial charge in [-0.05, 0) is 19.9 Å². The fourth-order valence-electron chi connectivity index (χ4n) is 2.34. The molecule has 2 aliphatic rings. The van der Waals surface area contributed by atoms with Crippen molar-refractivity contribution in [3.63, 3.8) is 0 Å². The van der Waals surface area contributed by atoms with E-state index in [9.17, 15) is 0 Å². The molecule has 1 aliphatic carbocycles. The molecule has 118 valence electrons. The van der Waals surface area contributed by atoms with Gasteiger partial charge in [-0.3, -0.25) is 0 Å². The molecule has 0 amide bonds. The molecule has 0 saturated carbocycles. The zero-order valence-electron chi connectivity index (χ0n) is 12.4. The van der Waals surface area contributed by atoms with Gasteiger partial charge in [0.15, 0.2) is 6.10 Å². The van der Waals surface area contributed by atoms with Crippen LogP contribution in [0.3, 0.4) is 0 Å². The number of morpholine rings is 1. The molecular weight excluding hydrogens is 294 g/mol. The molecule has 1 saturated heterocycles. The van der Waals surface area contributed by atoms with Crippen LogP contribution in [0.15, 0.2) is 23.6 Å². The smallest absolute Gasteiger partial charge is 0.328 e. The third-order valence-electron chi connectivity index (χ3n) is 3.25. The monoisotopic (exact) mass is 315 g/mol. The maximum absolute atomic E-state index is 9.12. The van der Waals surface area contributed by atoms with Crippen LogP contribution in [0, 0.1) is 0 Å². The molecular formula is C14H22ClN3O3. The Hall–Kier alpha value is -1.33. The van der Waals surface area contributed by atoms with Gasteiger partial charge in [0.25, 0.3) is 0 Å². The van der Waals surface area contributed by atoms with Crippen LogP contribution in [0.4, 0.5) is 0 Å². The number of hydrogen-bond donors (Lipinski definition) is 0. The van der Waals surface area contributed by atoms with Crippen molar-refractivity contribution in [1.29, 1.82) is 0 Å². The highest BCUT2D eigenvalue weighted by molar-refractivity contribution is 5.97. The first-order valence-electron chi connectivity index (χ1n) is 7.03. The highest BCUT2D eigenvalue weighted by atomic mass is 35.5. The van der Waals surface area contributed by atoms with Crippen molar-refractivity contribution >= 4 is 18.1 Å². The molecule has 0 spiro atoms. The van der Waals surface area contributed by atoms with Gasteiger partial charge in [0.2, 0.25) is 0 Å². The van der Waals surface area contributed by atoms with Crippen LogP contribution in [0.2, 0.25) is 0 Å². The number of hydrogen-bond acceptors (Lipinski definition) is 4. The third kappa shape index (κ3) is 4.32. The van der Waals surface area contributed by atoms with Crippen LogP contribution < -0.4 is 0 Å². The maximum atomic E-state index is 9.12. The standard InChI is InChI=1S/C14H21N3O3.ClH/c1-3-19-13-10-12(17-5-7-18-8-6-17)14(20-4-2)9-11(13)16-15;/h9-10,13H,3-8H2,1-2H3;1H. The zero-order chi connectivity index (χ0) is 14.4. The van der Waals surface area contributed by atoms with Gasteiger partial charge in [0.1, 0.15) is 5.76 Å². The summed E-state index contributed by atoms with van der Waals surface area (Å²) in [7, 11) is 0. The van der Waals surface area contributed by atoms with Crippen molar-refractivity contribution in [3.05, 3.63) is 29.1 Å². The molecule has 0 aromatic heterocycles. The Bertz CT molecular complexity index is 452. The first kappa shape index (κ1) is 17.7. The van der Waals surface area contributed by atoms with E-state index in [0.29, 0.717) is 32.1 Å². The Morgan fingerprint density at radius 3 is 2.62 bits per heavy atom. The molecule has 2 rings (SSSR count). The van der Waals surface area contributed by atoms with Gasteiger partial charge in [-0.1, -0.05) is 0 Å². The minimum atomic E-state index is -0.341. The normalized spacial score (nSPS) is 21.9. The average molecular weight is 316 g/mol. The molecule has 1 fully saturated rings. The molecule has 1 heterocycles. The lowest BCUT2D eigenvalue weighted by Crippen LogP contribution is -2.39. The Balaban J connectivity index is 0.00000220. The fourth-order valence-corrected chi connectivity index (χ4v) is 2.34. The van der Waals surface area contributed by atoms with Crippen molar-refractivity contribution in [2.75, 3.05) is 39.5 Å². The molecule has 7 heteroatoms. The van der Waals surface area contributed by atoms with Crippen LogP contribution in [0.1, 0.15) is 13.8 Å². The van der Waals surface area contributed by atoms with Gasteiger partial charge >= 0.3 is 5.71 Å². The van der Waals surface area contributed by atoms with Crippen molar-refractivity contribution < 1.29 is 19.0 Å². The van der Waals surface area contributed by atoms with Crippen LogP contribution >= 0.6 is 12.4 Å². The fraction of sp³-hybridized carbons (Fsp3) is 0.643. The quantitative estimate of drug-likeness (QED) is 0.571. The summed E-state index contributed by atoms with van der Waals surface area (Å²) < 4.78 is 16.7. The van der Waals surface area contributed by atoms with E-state index in [1.807, 2.05) is 19.9 Å². The van der Waals surface area contributed by atoms with E-state index in [-0.39, 0.29) is 18.5 Å². The van der Waals surface area contributed by atoms with E-state index in [4.69, 9.17) is 19.7 Å². The van der Waals surface area contributed by atoms with Gasteiger partial charge in [-0.2, -0.15) is 4.79 Å². The molecule has 0 aromatic rings. The van der Waals surface area contributed by atoms with Crippen LogP contribution in [-0.2, 0) is 14.2 Å². The van der Waals surface area contributed by atoms with Gasteiger partial charge in [-0.15, -0.1) is 12.4 Å². The molecule has 0 N–H and O–H groups in total. The number of halogens is 1. The van der Waals surface area contributed by atoms with E-state index in [1.54, 1.807) is 6.08 Å². The van der Waals surface area contributed by atoms with Gasteiger partial charge in [0, 0.05) is 19.7 Å². The first-order chi connectivity index (χ1) is 9.80. The van der Waals surface area contributed by atoms with E-state index in [2.05, 4.69) is 9.69 Å². The topological polar surface area (TPSA) is 67.3 Å². The number of rotatable bonds is 5. The summed E-state index contributed by atoms with van der Waals surface area (Å²) in [6, 6.07) is 0. The van der Waals surface area contributed by atoms with Crippen LogP contribution in [0.5, 0.6) is 0 Å². The van der Waals surface area contributed by atoms with E-state index in [1.165, 1.54) is 0 Å². The van der Waals surface area contributed by atoms with Gasteiger partial charge in [0.05, 0.1) is 31.6 Å². The maximum Gasteiger partial charge on any atom is 0.328 e. The summed E-state index contributed by atoms with van der Waals surface area (Å²) in [6.45, 7) is 8.01. The van der Waals surface area contributed by atoms with Crippen molar-refractivity contribution in [2.24, 2.45) is 0 Å². The number of nitrogens with zero attached hydrogens (tertiary/aromatic N) is 3. The summed E-state index contributed by atoms with van der Waals surface area (Å²) in [6.07, 6.45) is 3.36. The van der Waals surface area contributed by atoms with E-state index >= 15 is 0 Å². The lowest BCUT2D eigenvalue weighted by Gasteiger charge is -2.33. The van der Waals surface area contributed by atoms with Crippen molar-refractivity contribution in [3.8, 4) is 0 Å². The molecule has 0 aromatic carbocycles. The average Bonchev–Trinajstić information content (AvgIpc) is 2.49. The Morgan fingerprint density at radius 1 is 1.33 bits per heavy atom. The van der Waals surface area contributed by atoms with Crippen molar-refractivity contribution in [2.45, 2.75) is 20.0 Å². The molecule has 0 radical (unpaired) electrons. The molecule has 21 heavy (non-hydrogen) atoms. The first-order valence-corrected chi connectivity index (χ1v) is 7.03. The summed E-state index contributed by atoms with van der Waals surface area (Å²) >= 11 is 0. The lowest BCUT2D eigenvalue weighted by molar-refractivity contribution is -0.0230. The van der Waals surface area contributed by atoms with Gasteiger partial charge in [-0.25, -0.2) is 0 Å². The second-order valence-corrected chi connectivity index (χ2v) is 4.49. The highest BCUT2D eigenvalue weighted by Crippen LogP contribution is 2.24. The minimum Gasteiger partial charge on any atom is -0.491 e. The predicted octanol–water partition coefficient (Wildman–Crippen LogP) is 1.63. The SMILES string of the molecule is CCOC1=CC(=[N+]=[N-])C(OCC)C=C1N1CCOCC1.Cl. The van der Waals surface area contributed by atoms with Crippen LogP contribution in [0.25, 0.3) is 5.53 Å². The van der Waals surface area contributed by atoms with E-state index in [0.717, 1.165) is 24.5 Å². The summed E-state index contributed by atoms with van der Waals surface area (Å²) in [4.78, 5) is 5.52. The molecule has 0 bridgehead atoms.